The molecule has 7 rings (SSSR count). The summed E-state index contributed by atoms with van der Waals surface area (Å²) < 4.78 is 7.29. The van der Waals surface area contributed by atoms with E-state index in [1.807, 2.05) is 36.4 Å². The molecule has 2 aliphatic rings. The molecule has 0 radical (unpaired) electrons. The van der Waals surface area contributed by atoms with Crippen LogP contribution in [0.4, 0.5) is 11.5 Å². The van der Waals surface area contributed by atoms with Crippen molar-refractivity contribution in [2.75, 3.05) is 12.0 Å². The topological polar surface area (TPSA) is 47.4 Å². The summed E-state index contributed by atoms with van der Waals surface area (Å²) in [4.78, 5) is 20.3. The first-order valence-electron chi connectivity index (χ1n) is 12.1. The van der Waals surface area contributed by atoms with Gasteiger partial charge in [0, 0.05) is 22.4 Å². The average molecular weight is 470 g/mol. The number of ether oxygens (including phenoxy) is 1. The lowest BCUT2D eigenvalue weighted by Gasteiger charge is -2.28. The normalized spacial score (nSPS) is 18.0. The van der Waals surface area contributed by atoms with Gasteiger partial charge in [-0.1, -0.05) is 78.9 Å². The van der Waals surface area contributed by atoms with Gasteiger partial charge in [-0.15, -0.1) is 0 Å². The number of allylic oxidation sites excluding steroid dienone is 2. The molecule has 0 amide bonds. The molecule has 2 aromatic heterocycles. The highest BCUT2D eigenvalue weighted by Crippen LogP contribution is 2.47. The van der Waals surface area contributed by atoms with Crippen molar-refractivity contribution in [1.82, 2.24) is 9.55 Å². The molecule has 0 bridgehead atoms. The van der Waals surface area contributed by atoms with Crippen molar-refractivity contribution in [1.29, 1.82) is 0 Å². The zero-order valence-electron chi connectivity index (χ0n) is 19.7. The van der Waals surface area contributed by atoms with Crippen LogP contribution < -0.4 is 4.90 Å². The number of hydrogen-bond acceptors (Lipinski definition) is 4. The number of benzene rings is 3. The van der Waals surface area contributed by atoms with E-state index >= 15 is 0 Å². The molecule has 1 aliphatic heterocycles. The molecule has 2 atom stereocenters. The van der Waals surface area contributed by atoms with Gasteiger partial charge in [-0.25, -0.2) is 9.78 Å². The number of nitrogens with zero attached hydrogens (tertiary/aromatic N) is 3. The number of anilines is 2. The Labute approximate surface area is 208 Å². The SMILES string of the molecule is COC(=O)c1cc(N2c3ccccc3C3C=CC=CC32)nc(-n2c3ccccc3c3ccccc32)c1. The summed E-state index contributed by atoms with van der Waals surface area (Å²) >= 11 is 0. The minimum absolute atomic E-state index is 0.0822. The molecule has 174 valence electrons. The predicted octanol–water partition coefficient (Wildman–Crippen LogP) is 6.70. The highest BCUT2D eigenvalue weighted by atomic mass is 16.5. The van der Waals surface area contributed by atoms with Crippen LogP contribution in [0.25, 0.3) is 27.6 Å². The zero-order valence-corrected chi connectivity index (χ0v) is 19.7. The van der Waals surface area contributed by atoms with Crippen molar-refractivity contribution in [3.63, 3.8) is 0 Å². The summed E-state index contributed by atoms with van der Waals surface area (Å²) in [5.41, 5.74) is 4.91. The summed E-state index contributed by atoms with van der Waals surface area (Å²) in [6, 6.07) is 28.8. The number of rotatable bonds is 3. The first-order valence-corrected chi connectivity index (χ1v) is 12.1. The number of pyridine rings is 1. The molecular formula is C31H23N3O2. The zero-order chi connectivity index (χ0) is 24.2. The quantitative estimate of drug-likeness (QED) is 0.276. The van der Waals surface area contributed by atoms with Gasteiger partial charge in [0.15, 0.2) is 0 Å². The third-order valence-electron chi connectivity index (χ3n) is 7.23. The van der Waals surface area contributed by atoms with Gasteiger partial charge < -0.3 is 9.64 Å². The summed E-state index contributed by atoms with van der Waals surface area (Å²) in [5, 5.41) is 2.29. The van der Waals surface area contributed by atoms with Crippen LogP contribution in [0.15, 0.2) is 109 Å². The van der Waals surface area contributed by atoms with Gasteiger partial charge in [-0.2, -0.15) is 0 Å². The maximum atomic E-state index is 12.9. The highest BCUT2D eigenvalue weighted by Gasteiger charge is 2.38. The Bertz CT molecular complexity index is 1680. The van der Waals surface area contributed by atoms with E-state index in [0.717, 1.165) is 33.3 Å². The first kappa shape index (κ1) is 20.7. The molecule has 2 unspecified atom stereocenters. The van der Waals surface area contributed by atoms with Crippen LogP contribution in [0.3, 0.4) is 0 Å². The van der Waals surface area contributed by atoms with Gasteiger partial charge in [0.05, 0.1) is 29.7 Å². The van der Waals surface area contributed by atoms with Crippen LogP contribution in [0.5, 0.6) is 0 Å². The lowest BCUT2D eigenvalue weighted by molar-refractivity contribution is 0.0600. The Morgan fingerprint density at radius 3 is 2.19 bits per heavy atom. The molecule has 3 aromatic carbocycles. The van der Waals surface area contributed by atoms with Crippen molar-refractivity contribution in [2.24, 2.45) is 0 Å². The van der Waals surface area contributed by atoms with Crippen LogP contribution in [0, 0.1) is 0 Å². The number of hydrogen-bond donors (Lipinski definition) is 0. The molecule has 0 N–H and O–H groups in total. The summed E-state index contributed by atoms with van der Waals surface area (Å²) in [5.74, 6) is 1.24. The molecule has 0 fully saturated rings. The average Bonchev–Trinajstić information content (AvgIpc) is 3.45. The number of carbonyl (C=O) groups is 1. The van der Waals surface area contributed by atoms with Crippen molar-refractivity contribution in [3.8, 4) is 5.82 Å². The fourth-order valence-electron chi connectivity index (χ4n) is 5.70. The molecule has 0 saturated heterocycles. The third-order valence-corrected chi connectivity index (χ3v) is 7.23. The lowest BCUT2D eigenvalue weighted by Crippen LogP contribution is -2.29. The smallest absolute Gasteiger partial charge is 0.338 e. The van der Waals surface area contributed by atoms with Crippen molar-refractivity contribution in [3.05, 3.63) is 120 Å². The van der Waals surface area contributed by atoms with E-state index in [-0.39, 0.29) is 17.9 Å². The molecule has 3 heterocycles. The second kappa shape index (κ2) is 7.95. The molecule has 1 aliphatic carbocycles. The van der Waals surface area contributed by atoms with E-state index in [9.17, 15) is 4.79 Å². The minimum Gasteiger partial charge on any atom is -0.465 e. The Balaban J connectivity index is 1.51. The lowest BCUT2D eigenvalue weighted by atomic mass is 9.91. The Morgan fingerprint density at radius 1 is 0.806 bits per heavy atom. The van der Waals surface area contributed by atoms with Crippen LogP contribution >= 0.6 is 0 Å². The molecule has 0 spiro atoms. The molecule has 36 heavy (non-hydrogen) atoms. The molecule has 5 heteroatoms. The fraction of sp³-hybridized carbons (Fsp3) is 0.0968. The summed E-state index contributed by atoms with van der Waals surface area (Å²) in [6.07, 6.45) is 8.63. The Hall–Kier alpha value is -4.64. The number of esters is 1. The van der Waals surface area contributed by atoms with E-state index in [4.69, 9.17) is 9.72 Å². The Morgan fingerprint density at radius 2 is 1.44 bits per heavy atom. The summed E-state index contributed by atoms with van der Waals surface area (Å²) in [7, 11) is 1.42. The van der Waals surface area contributed by atoms with E-state index < -0.39 is 0 Å². The Kier molecular flexibility index (Phi) is 4.58. The van der Waals surface area contributed by atoms with E-state index in [2.05, 4.69) is 82.3 Å². The van der Waals surface area contributed by atoms with Gasteiger partial charge in [-0.05, 0) is 35.9 Å². The second-order valence-corrected chi connectivity index (χ2v) is 9.15. The molecular weight excluding hydrogens is 446 g/mol. The van der Waals surface area contributed by atoms with Gasteiger partial charge in [0.1, 0.15) is 11.6 Å². The van der Waals surface area contributed by atoms with Gasteiger partial charge >= 0.3 is 5.97 Å². The van der Waals surface area contributed by atoms with E-state index in [0.29, 0.717) is 11.4 Å². The summed E-state index contributed by atoms with van der Waals surface area (Å²) in [6.45, 7) is 0. The van der Waals surface area contributed by atoms with Gasteiger partial charge in [-0.3, -0.25) is 4.57 Å². The van der Waals surface area contributed by atoms with Crippen LogP contribution in [-0.2, 0) is 4.74 Å². The maximum Gasteiger partial charge on any atom is 0.338 e. The van der Waals surface area contributed by atoms with Gasteiger partial charge in [0.25, 0.3) is 0 Å². The third kappa shape index (κ3) is 2.96. The molecule has 5 aromatic rings. The largest absolute Gasteiger partial charge is 0.465 e. The monoisotopic (exact) mass is 469 g/mol. The number of methoxy groups -OCH3 is 1. The maximum absolute atomic E-state index is 12.9. The molecule has 5 nitrogen and oxygen atoms in total. The van der Waals surface area contributed by atoms with Crippen LogP contribution in [0.2, 0.25) is 0 Å². The van der Waals surface area contributed by atoms with Gasteiger partial charge in [0.2, 0.25) is 0 Å². The van der Waals surface area contributed by atoms with Crippen molar-refractivity contribution < 1.29 is 9.53 Å². The number of aromatic nitrogens is 2. The minimum atomic E-state index is -0.385. The predicted molar refractivity (Wildman–Crippen MR) is 143 cm³/mol. The highest BCUT2D eigenvalue weighted by molar-refractivity contribution is 6.09. The van der Waals surface area contributed by atoms with Crippen LogP contribution in [0.1, 0.15) is 21.8 Å². The molecule has 0 saturated carbocycles. The van der Waals surface area contributed by atoms with E-state index in [1.54, 1.807) is 0 Å². The van der Waals surface area contributed by atoms with Crippen LogP contribution in [-0.4, -0.2) is 28.7 Å². The van der Waals surface area contributed by atoms with Crippen molar-refractivity contribution >= 4 is 39.3 Å². The number of fused-ring (bicyclic) bond motifs is 6. The number of para-hydroxylation sites is 3. The second-order valence-electron chi connectivity index (χ2n) is 9.15. The van der Waals surface area contributed by atoms with Crippen molar-refractivity contribution in [2.45, 2.75) is 12.0 Å². The number of carbonyl (C=O) groups excluding carboxylic acids is 1. The first-order chi connectivity index (χ1) is 17.7. The standard InChI is InChI=1S/C31H23N3O2/c1-36-31(35)20-18-29(33-25-14-6-2-10-21(25)22-11-3-7-15-26(22)33)32-30(19-20)34-27-16-8-4-12-23(27)24-13-5-9-17-28(24)34/h2-19,21,25H,1H3. The van der Waals surface area contributed by atoms with E-state index in [1.165, 1.54) is 12.7 Å². The fourth-order valence-corrected chi connectivity index (χ4v) is 5.70.